The molecule has 12 heavy (non-hydrogen) atoms. The van der Waals surface area contributed by atoms with Crippen molar-refractivity contribution in [3.8, 4) is 0 Å². The topological polar surface area (TPSA) is 57.2 Å². The SMILES string of the molecule is OP(=S)([O][Mo])OC1COCCO1. The van der Waals surface area contributed by atoms with Gasteiger partial charge in [-0.1, -0.05) is 0 Å². The summed E-state index contributed by atoms with van der Waals surface area (Å²) in [6.07, 6.45) is -0.601. The van der Waals surface area contributed by atoms with Crippen LogP contribution in [-0.4, -0.2) is 31.0 Å². The van der Waals surface area contributed by atoms with E-state index in [2.05, 4.69) is 15.0 Å². The van der Waals surface area contributed by atoms with E-state index in [4.69, 9.17) is 14.0 Å². The quantitative estimate of drug-likeness (QED) is 0.587. The average Bonchev–Trinajstić information content (AvgIpc) is 2.06. The zero-order valence-electron chi connectivity index (χ0n) is 6.04. The van der Waals surface area contributed by atoms with E-state index in [1.165, 1.54) is 20.2 Å². The Kier molecular flexibility index (Phi) is 4.79. The summed E-state index contributed by atoms with van der Waals surface area (Å²) in [6.45, 7) is -1.84. The van der Waals surface area contributed by atoms with Crippen molar-refractivity contribution in [3.05, 3.63) is 0 Å². The molecule has 5 nitrogen and oxygen atoms in total. The van der Waals surface area contributed by atoms with Gasteiger partial charge in [-0.05, 0) is 0 Å². The molecule has 71 valence electrons. The van der Waals surface area contributed by atoms with Crippen LogP contribution in [-0.2, 0) is 49.2 Å². The van der Waals surface area contributed by atoms with Gasteiger partial charge in [0.1, 0.15) is 0 Å². The van der Waals surface area contributed by atoms with Crippen molar-refractivity contribution in [3.63, 3.8) is 0 Å². The number of hydrogen-bond acceptors (Lipinski definition) is 5. The van der Waals surface area contributed by atoms with Crippen LogP contribution in [0.1, 0.15) is 0 Å². The molecule has 1 N–H and O–H groups in total. The van der Waals surface area contributed by atoms with Crippen molar-refractivity contribution in [1.82, 2.24) is 0 Å². The summed E-state index contributed by atoms with van der Waals surface area (Å²) in [7, 11) is 0. The van der Waals surface area contributed by atoms with Crippen molar-refractivity contribution in [2.75, 3.05) is 19.8 Å². The first-order chi connectivity index (χ1) is 5.64. The summed E-state index contributed by atoms with van der Waals surface area (Å²) in [5, 5.41) is 0. The maximum atomic E-state index is 9.22. The van der Waals surface area contributed by atoms with E-state index in [1.54, 1.807) is 0 Å². The molecule has 0 radical (unpaired) electrons. The molecular formula is C4H8MoO5PS. The summed E-state index contributed by atoms with van der Waals surface area (Å²) < 4.78 is 19.6. The van der Waals surface area contributed by atoms with E-state index in [-0.39, 0.29) is 6.61 Å². The number of rotatable bonds is 3. The van der Waals surface area contributed by atoms with Crippen molar-refractivity contribution < 1.29 is 42.3 Å². The van der Waals surface area contributed by atoms with Crippen LogP contribution in [0.4, 0.5) is 0 Å². The molecule has 1 saturated heterocycles. The zero-order valence-corrected chi connectivity index (χ0v) is 9.76. The second-order valence-electron chi connectivity index (χ2n) is 2.02. The molecule has 1 rings (SSSR count). The molecule has 1 aliphatic heterocycles. The van der Waals surface area contributed by atoms with Gasteiger partial charge < -0.3 is 0 Å². The Hall–Kier alpha value is 1.14. The Labute approximate surface area is 86.9 Å². The Balaban J connectivity index is 2.34. The summed E-state index contributed by atoms with van der Waals surface area (Å²) in [5.41, 5.74) is 0. The van der Waals surface area contributed by atoms with Crippen LogP contribution < -0.4 is 0 Å². The normalized spacial score (nSPS) is 29.6. The average molecular weight is 295 g/mol. The molecule has 0 amide bonds. The first-order valence-electron chi connectivity index (χ1n) is 3.16. The maximum absolute atomic E-state index is 9.22. The molecule has 8 heteroatoms. The fourth-order valence-corrected chi connectivity index (χ4v) is 1.69. The van der Waals surface area contributed by atoms with Crippen molar-refractivity contribution >= 4 is 18.5 Å². The molecule has 0 saturated carbocycles. The van der Waals surface area contributed by atoms with Crippen LogP contribution in [0.3, 0.4) is 0 Å². The summed E-state index contributed by atoms with van der Waals surface area (Å²) in [6, 6.07) is 0. The first-order valence-corrected chi connectivity index (χ1v) is 6.57. The molecule has 0 aromatic carbocycles. The molecule has 1 aliphatic rings. The molecule has 0 aromatic heterocycles. The molecule has 1 heterocycles. The zero-order chi connectivity index (χ0) is 9.03. The molecular weight excluding hydrogens is 287 g/mol. The van der Waals surface area contributed by atoms with Gasteiger partial charge >= 0.3 is 86.9 Å². The Morgan fingerprint density at radius 3 is 2.83 bits per heavy atom. The first kappa shape index (κ1) is 11.2. The fraction of sp³-hybridized carbons (Fsp3) is 1.00. The molecule has 0 aliphatic carbocycles. The summed E-state index contributed by atoms with van der Waals surface area (Å²) in [5.74, 6) is 0. The third kappa shape index (κ3) is 3.90. The van der Waals surface area contributed by atoms with Gasteiger partial charge in [0.25, 0.3) is 0 Å². The van der Waals surface area contributed by atoms with Gasteiger partial charge in [-0.2, -0.15) is 0 Å². The molecule has 0 spiro atoms. The van der Waals surface area contributed by atoms with Crippen LogP contribution >= 0.6 is 6.72 Å². The Morgan fingerprint density at radius 1 is 1.58 bits per heavy atom. The standard InChI is InChI=1S/C4H9O5PS.Mo/c5-10(6,11)9-4-3-7-1-2-8-4;/h4H,1-3H2,(H2,5,6,11);/q;+1/p-1. The second kappa shape index (κ2) is 5.13. The monoisotopic (exact) mass is 297 g/mol. The van der Waals surface area contributed by atoms with E-state index < -0.39 is 13.0 Å². The van der Waals surface area contributed by atoms with Crippen LogP contribution in [0.5, 0.6) is 0 Å². The van der Waals surface area contributed by atoms with Crippen LogP contribution in [0.25, 0.3) is 0 Å². The molecule has 0 bridgehead atoms. The number of ether oxygens (including phenoxy) is 2. The molecule has 2 atom stereocenters. The predicted octanol–water partition coefficient (Wildman–Crippen LogP) is 0.0711. The minimum atomic E-state index is -3.11. The van der Waals surface area contributed by atoms with Gasteiger partial charge in [-0.3, -0.25) is 0 Å². The van der Waals surface area contributed by atoms with Gasteiger partial charge in [0.05, 0.1) is 0 Å². The predicted molar refractivity (Wildman–Crippen MR) is 39.2 cm³/mol. The van der Waals surface area contributed by atoms with Gasteiger partial charge in [0, 0.05) is 0 Å². The molecule has 0 aromatic rings. The van der Waals surface area contributed by atoms with E-state index in [0.717, 1.165) is 0 Å². The van der Waals surface area contributed by atoms with Crippen molar-refractivity contribution in [2.24, 2.45) is 0 Å². The van der Waals surface area contributed by atoms with Crippen LogP contribution in [0.2, 0.25) is 0 Å². The van der Waals surface area contributed by atoms with Crippen LogP contribution in [0.15, 0.2) is 0 Å². The molecule has 1 fully saturated rings. The Bertz CT molecular complexity index is 184. The molecule has 2 unspecified atom stereocenters. The van der Waals surface area contributed by atoms with Gasteiger partial charge in [0.2, 0.25) is 0 Å². The summed E-state index contributed by atoms with van der Waals surface area (Å²) in [4.78, 5) is 9.22. The van der Waals surface area contributed by atoms with Crippen LogP contribution in [0, 0.1) is 0 Å². The van der Waals surface area contributed by atoms with Gasteiger partial charge in [-0.25, -0.2) is 0 Å². The van der Waals surface area contributed by atoms with E-state index in [9.17, 15) is 4.89 Å². The fourth-order valence-electron chi connectivity index (χ4n) is 0.693. The van der Waals surface area contributed by atoms with Crippen molar-refractivity contribution in [2.45, 2.75) is 6.29 Å². The van der Waals surface area contributed by atoms with Gasteiger partial charge in [-0.15, -0.1) is 0 Å². The number of hydrogen-bond donors (Lipinski definition) is 1. The van der Waals surface area contributed by atoms with Gasteiger partial charge in [0.15, 0.2) is 0 Å². The van der Waals surface area contributed by atoms with E-state index in [0.29, 0.717) is 13.2 Å². The van der Waals surface area contributed by atoms with E-state index >= 15 is 0 Å². The minimum absolute atomic E-state index is 0.281. The summed E-state index contributed by atoms with van der Waals surface area (Å²) >= 11 is 5.84. The van der Waals surface area contributed by atoms with E-state index in [1.807, 2.05) is 0 Å². The third-order valence-corrected chi connectivity index (χ3v) is 4.55. The third-order valence-electron chi connectivity index (χ3n) is 1.13. The van der Waals surface area contributed by atoms with Crippen molar-refractivity contribution in [1.29, 1.82) is 0 Å². The second-order valence-corrected chi connectivity index (χ2v) is 5.80. The Morgan fingerprint density at radius 2 is 2.33 bits per heavy atom.